The molecule has 0 saturated carbocycles. The van der Waals surface area contributed by atoms with Crippen molar-refractivity contribution in [2.75, 3.05) is 37.1 Å². The van der Waals surface area contributed by atoms with Gasteiger partial charge in [0.25, 0.3) is 0 Å². The van der Waals surface area contributed by atoms with E-state index in [4.69, 9.17) is 0 Å². The Morgan fingerprint density at radius 2 is 2.09 bits per heavy atom. The van der Waals surface area contributed by atoms with Crippen molar-refractivity contribution in [2.45, 2.75) is 13.8 Å². The van der Waals surface area contributed by atoms with Crippen molar-refractivity contribution in [3.05, 3.63) is 29.3 Å². The number of hydrogen-bond donors (Lipinski definition) is 1. The third-order valence-corrected chi connectivity index (χ3v) is 4.57. The molecule has 1 N–H and O–H groups in total. The molecule has 7 heteroatoms. The molecular formula is C16H21N3O3S. The third-order valence-electron chi connectivity index (χ3n) is 3.63. The lowest BCUT2D eigenvalue weighted by Gasteiger charge is -2.21. The van der Waals surface area contributed by atoms with E-state index in [2.05, 4.69) is 5.32 Å². The third kappa shape index (κ3) is 4.72. The second kappa shape index (κ2) is 7.50. The number of hydrogen-bond acceptors (Lipinski definition) is 4. The van der Waals surface area contributed by atoms with Gasteiger partial charge >= 0.3 is 0 Å². The van der Waals surface area contributed by atoms with Crippen LogP contribution in [0.1, 0.15) is 11.1 Å². The van der Waals surface area contributed by atoms with Crippen LogP contribution in [-0.4, -0.2) is 59.3 Å². The smallest absolute Gasteiger partial charge is 0.243 e. The fraction of sp³-hybridized carbons (Fsp3) is 0.438. The largest absolute Gasteiger partial charge is 0.335 e. The van der Waals surface area contributed by atoms with Crippen LogP contribution in [0.4, 0.5) is 5.69 Å². The number of anilines is 1. The number of likely N-dealkylation sites (N-methyl/N-ethyl adjacent to an activating group) is 1. The molecule has 1 aliphatic rings. The van der Waals surface area contributed by atoms with Gasteiger partial charge in [-0.2, -0.15) is 0 Å². The van der Waals surface area contributed by atoms with Gasteiger partial charge in [-0.25, -0.2) is 0 Å². The summed E-state index contributed by atoms with van der Waals surface area (Å²) in [5, 5.41) is 2.82. The number of thioether (sulfide) groups is 1. The molecule has 0 unspecified atom stereocenters. The van der Waals surface area contributed by atoms with E-state index in [-0.39, 0.29) is 30.8 Å². The molecule has 23 heavy (non-hydrogen) atoms. The quantitative estimate of drug-likeness (QED) is 0.879. The van der Waals surface area contributed by atoms with Gasteiger partial charge in [0, 0.05) is 12.7 Å². The first-order valence-electron chi connectivity index (χ1n) is 7.33. The number of carbonyl (C=O) groups is 3. The monoisotopic (exact) mass is 335 g/mol. The summed E-state index contributed by atoms with van der Waals surface area (Å²) in [5.74, 6) is 0.433. The Labute approximate surface area is 140 Å². The van der Waals surface area contributed by atoms with Crippen molar-refractivity contribution in [3.8, 4) is 0 Å². The van der Waals surface area contributed by atoms with E-state index in [1.165, 1.54) is 21.6 Å². The molecule has 6 nitrogen and oxygen atoms in total. The van der Waals surface area contributed by atoms with E-state index in [9.17, 15) is 14.4 Å². The number of amides is 3. The topological polar surface area (TPSA) is 69.7 Å². The highest BCUT2D eigenvalue weighted by atomic mass is 32.2. The second-order valence-corrected chi connectivity index (χ2v) is 6.64. The number of carbonyl (C=O) groups excluding carboxylic acids is 3. The molecule has 3 amide bonds. The first kappa shape index (κ1) is 17.3. The maximum atomic E-state index is 12.1. The Balaban J connectivity index is 1.87. The Morgan fingerprint density at radius 3 is 2.74 bits per heavy atom. The van der Waals surface area contributed by atoms with Gasteiger partial charge in [0.1, 0.15) is 6.54 Å². The molecule has 1 heterocycles. The molecule has 1 aliphatic heterocycles. The average molecular weight is 335 g/mol. The molecule has 1 fully saturated rings. The summed E-state index contributed by atoms with van der Waals surface area (Å²) in [6.07, 6.45) is 0. The summed E-state index contributed by atoms with van der Waals surface area (Å²) in [4.78, 5) is 38.6. The lowest BCUT2D eigenvalue weighted by Crippen LogP contribution is -2.42. The Morgan fingerprint density at radius 1 is 1.35 bits per heavy atom. The van der Waals surface area contributed by atoms with Gasteiger partial charge in [-0.15, -0.1) is 11.8 Å². The van der Waals surface area contributed by atoms with Crippen molar-refractivity contribution in [1.29, 1.82) is 0 Å². The number of aryl methyl sites for hydroxylation is 2. The minimum atomic E-state index is -0.253. The summed E-state index contributed by atoms with van der Waals surface area (Å²) in [6, 6.07) is 5.82. The predicted octanol–water partition coefficient (Wildman–Crippen LogP) is 1.23. The average Bonchev–Trinajstić information content (AvgIpc) is 2.88. The summed E-state index contributed by atoms with van der Waals surface area (Å²) in [7, 11) is 1.57. The number of nitrogens with one attached hydrogen (secondary N) is 1. The molecule has 2 rings (SSSR count). The van der Waals surface area contributed by atoms with Crippen LogP contribution in [0, 0.1) is 13.8 Å². The standard InChI is InChI=1S/C16H21N3O3S/c1-11-4-5-12(2)13(6-11)17-14(20)7-18(3)15(21)8-19-10-23-9-16(19)22/h4-6H,7-10H2,1-3H3,(H,17,20). The maximum absolute atomic E-state index is 12.1. The van der Waals surface area contributed by atoms with Gasteiger partial charge < -0.3 is 15.1 Å². The Kier molecular flexibility index (Phi) is 5.65. The van der Waals surface area contributed by atoms with Gasteiger partial charge in [-0.3, -0.25) is 14.4 Å². The molecule has 1 aromatic carbocycles. The second-order valence-electron chi connectivity index (χ2n) is 5.69. The van der Waals surface area contributed by atoms with Crippen LogP contribution in [-0.2, 0) is 14.4 Å². The lowest BCUT2D eigenvalue weighted by molar-refractivity contribution is -0.138. The highest BCUT2D eigenvalue weighted by Crippen LogP contribution is 2.16. The van der Waals surface area contributed by atoms with E-state index < -0.39 is 0 Å². The van der Waals surface area contributed by atoms with Gasteiger partial charge in [-0.05, 0) is 31.0 Å². The van der Waals surface area contributed by atoms with Gasteiger partial charge in [0.2, 0.25) is 17.7 Å². The molecule has 0 spiro atoms. The molecule has 0 bridgehead atoms. The first-order valence-corrected chi connectivity index (χ1v) is 8.49. The normalized spacial score (nSPS) is 14.0. The predicted molar refractivity (Wildman–Crippen MR) is 91.2 cm³/mol. The Bertz CT molecular complexity index is 633. The van der Waals surface area contributed by atoms with Crippen LogP contribution in [0.5, 0.6) is 0 Å². The zero-order valence-corrected chi connectivity index (χ0v) is 14.4. The summed E-state index contributed by atoms with van der Waals surface area (Å²) < 4.78 is 0. The van der Waals surface area contributed by atoms with E-state index in [0.717, 1.165) is 16.8 Å². The van der Waals surface area contributed by atoms with Crippen LogP contribution in [0.2, 0.25) is 0 Å². The SMILES string of the molecule is Cc1ccc(C)c(NC(=O)CN(C)C(=O)CN2CSCC2=O)c1. The van der Waals surface area contributed by atoms with Gasteiger partial charge in [0.15, 0.2) is 0 Å². The van der Waals surface area contributed by atoms with Crippen LogP contribution in [0.15, 0.2) is 18.2 Å². The molecule has 0 aromatic heterocycles. The van der Waals surface area contributed by atoms with E-state index in [1.807, 2.05) is 32.0 Å². The van der Waals surface area contributed by atoms with E-state index in [1.54, 1.807) is 7.05 Å². The van der Waals surface area contributed by atoms with Crippen molar-refractivity contribution >= 4 is 35.2 Å². The van der Waals surface area contributed by atoms with Crippen LogP contribution < -0.4 is 5.32 Å². The number of rotatable bonds is 5. The van der Waals surface area contributed by atoms with Gasteiger partial charge in [-0.1, -0.05) is 12.1 Å². The summed E-state index contributed by atoms with van der Waals surface area (Å²) in [5.41, 5.74) is 2.78. The van der Waals surface area contributed by atoms with E-state index in [0.29, 0.717) is 11.6 Å². The molecule has 0 atom stereocenters. The molecule has 0 radical (unpaired) electrons. The molecule has 124 valence electrons. The minimum Gasteiger partial charge on any atom is -0.335 e. The van der Waals surface area contributed by atoms with Crippen molar-refractivity contribution in [3.63, 3.8) is 0 Å². The van der Waals surface area contributed by atoms with Crippen LogP contribution in [0.25, 0.3) is 0 Å². The number of benzene rings is 1. The van der Waals surface area contributed by atoms with Crippen molar-refractivity contribution < 1.29 is 14.4 Å². The zero-order chi connectivity index (χ0) is 17.0. The maximum Gasteiger partial charge on any atom is 0.243 e. The van der Waals surface area contributed by atoms with E-state index >= 15 is 0 Å². The minimum absolute atomic E-state index is 0.0269. The summed E-state index contributed by atoms with van der Waals surface area (Å²) >= 11 is 1.49. The highest BCUT2D eigenvalue weighted by Gasteiger charge is 2.24. The summed E-state index contributed by atoms with van der Waals surface area (Å²) in [6.45, 7) is 3.86. The van der Waals surface area contributed by atoms with Crippen LogP contribution >= 0.6 is 11.8 Å². The zero-order valence-electron chi connectivity index (χ0n) is 13.6. The lowest BCUT2D eigenvalue weighted by atomic mass is 10.1. The van der Waals surface area contributed by atoms with Crippen LogP contribution in [0.3, 0.4) is 0 Å². The molecule has 1 saturated heterocycles. The van der Waals surface area contributed by atoms with Gasteiger partial charge in [0.05, 0.1) is 18.2 Å². The highest BCUT2D eigenvalue weighted by molar-refractivity contribution is 8.00. The van der Waals surface area contributed by atoms with Crippen molar-refractivity contribution in [1.82, 2.24) is 9.80 Å². The fourth-order valence-corrected chi connectivity index (χ4v) is 3.09. The molecule has 0 aliphatic carbocycles. The fourth-order valence-electron chi connectivity index (χ4n) is 2.19. The molecule has 1 aromatic rings. The molecular weight excluding hydrogens is 314 g/mol. The first-order chi connectivity index (χ1) is 10.9. The number of nitrogens with zero attached hydrogens (tertiary/aromatic N) is 2. The Hall–Kier alpha value is -2.02. The van der Waals surface area contributed by atoms with Crippen molar-refractivity contribution in [2.24, 2.45) is 0 Å².